The van der Waals surface area contributed by atoms with Crippen LogP contribution in [-0.4, -0.2) is 56.0 Å². The quantitative estimate of drug-likeness (QED) is 0.122. The van der Waals surface area contributed by atoms with E-state index in [1.54, 1.807) is 0 Å². The van der Waals surface area contributed by atoms with E-state index >= 15 is 0 Å². The van der Waals surface area contributed by atoms with Gasteiger partial charge in [-0.05, 0) is 65.7 Å². The Hall–Kier alpha value is -4.01. The maximum Gasteiger partial charge on any atom is 0.189 e. The molecule has 0 saturated carbocycles. The summed E-state index contributed by atoms with van der Waals surface area (Å²) in [6.45, 7) is 3.52. The highest BCUT2D eigenvalue weighted by atomic mass is 32.2. The SMILES string of the molecule is C/C=C(\C=C/NC)/C=C/c1ccc(N(C)CCSC(=O)CCC(=O)SCCN(C)c2ccc(/C=C/c3cc[n+](C)cc3)cc2)cc1. The third-order valence-corrected chi connectivity index (χ3v) is 9.12. The van der Waals surface area contributed by atoms with Crippen LogP contribution in [-0.2, 0) is 16.6 Å². The number of hydrogen-bond acceptors (Lipinski definition) is 7. The Bertz CT molecular complexity index is 1500. The van der Waals surface area contributed by atoms with E-state index in [-0.39, 0.29) is 23.1 Å². The Balaban J connectivity index is 1.29. The van der Waals surface area contributed by atoms with E-state index in [4.69, 9.17) is 0 Å². The maximum atomic E-state index is 12.4. The Morgan fingerprint density at radius 2 is 1.17 bits per heavy atom. The first-order chi connectivity index (χ1) is 22.3. The lowest BCUT2D eigenvalue weighted by molar-refractivity contribution is -0.671. The van der Waals surface area contributed by atoms with Gasteiger partial charge in [0.15, 0.2) is 22.6 Å². The van der Waals surface area contributed by atoms with Gasteiger partial charge in [0.05, 0.1) is 0 Å². The Kier molecular flexibility index (Phi) is 16.0. The van der Waals surface area contributed by atoms with Crippen LogP contribution in [0.25, 0.3) is 18.2 Å². The summed E-state index contributed by atoms with van der Waals surface area (Å²) in [5.41, 5.74) is 6.77. The molecule has 242 valence electrons. The maximum absolute atomic E-state index is 12.4. The summed E-state index contributed by atoms with van der Waals surface area (Å²) in [6, 6.07) is 21.0. The molecular weight excluding hydrogens is 609 g/mol. The molecule has 0 aliphatic carbocycles. The van der Waals surface area contributed by atoms with Gasteiger partial charge in [-0.1, -0.05) is 78.2 Å². The van der Waals surface area contributed by atoms with Crippen LogP contribution in [0.4, 0.5) is 11.4 Å². The molecule has 0 unspecified atom stereocenters. The van der Waals surface area contributed by atoms with E-state index in [1.165, 1.54) is 23.5 Å². The molecule has 46 heavy (non-hydrogen) atoms. The highest BCUT2D eigenvalue weighted by Crippen LogP contribution is 2.19. The summed E-state index contributed by atoms with van der Waals surface area (Å²) in [7, 11) is 7.96. The molecule has 0 aliphatic rings. The predicted octanol–water partition coefficient (Wildman–Crippen LogP) is 7.25. The summed E-state index contributed by atoms with van der Waals surface area (Å²) in [5.74, 6) is 1.37. The standard InChI is InChI=1S/C38H47N4O2S2/c1-6-31(21-24-39-2)7-8-32-11-15-35(16-12-32)41(4)27-29-45-37(43)19-20-38(44)46-30-28-42(5)36-17-13-33(14-18-36)9-10-34-22-25-40(3)26-23-34/h6-18,21-26,39H,19-20,27-30H2,1-5H3/q+1/b8-7+,24-21-,31-6-. The molecule has 1 aromatic heterocycles. The van der Waals surface area contributed by atoms with Gasteiger partial charge in [-0.25, -0.2) is 4.57 Å². The molecule has 0 saturated heterocycles. The zero-order valence-corrected chi connectivity index (χ0v) is 29.3. The number of aromatic nitrogens is 1. The van der Waals surface area contributed by atoms with Gasteiger partial charge in [-0.2, -0.15) is 0 Å². The minimum Gasteiger partial charge on any atom is -0.394 e. The number of thioether (sulfide) groups is 2. The minimum absolute atomic E-state index is 0.0717. The van der Waals surface area contributed by atoms with Crippen LogP contribution in [0.5, 0.6) is 0 Å². The number of hydrogen-bond donors (Lipinski definition) is 1. The van der Waals surface area contributed by atoms with Gasteiger partial charge < -0.3 is 15.1 Å². The van der Waals surface area contributed by atoms with Crippen molar-refractivity contribution in [3.8, 4) is 0 Å². The van der Waals surface area contributed by atoms with Crippen molar-refractivity contribution in [1.82, 2.24) is 5.32 Å². The first kappa shape index (κ1) is 36.5. The number of rotatable bonds is 17. The summed E-state index contributed by atoms with van der Waals surface area (Å²) in [5, 5.41) is 3.15. The van der Waals surface area contributed by atoms with E-state index in [1.807, 2.05) is 64.4 Å². The van der Waals surface area contributed by atoms with Crippen molar-refractivity contribution in [1.29, 1.82) is 0 Å². The first-order valence-corrected chi connectivity index (χ1v) is 17.5. The first-order valence-electron chi connectivity index (χ1n) is 15.5. The second kappa shape index (κ2) is 20.2. The third kappa shape index (κ3) is 13.5. The van der Waals surface area contributed by atoms with Gasteiger partial charge in [-0.3, -0.25) is 9.59 Å². The number of aryl methyl sites for hydroxylation is 1. The second-order valence-corrected chi connectivity index (χ2v) is 13.1. The number of anilines is 2. The van der Waals surface area contributed by atoms with Gasteiger partial charge in [0.25, 0.3) is 0 Å². The molecule has 3 rings (SSSR count). The fourth-order valence-corrected chi connectivity index (χ4v) is 5.99. The zero-order valence-electron chi connectivity index (χ0n) is 27.7. The zero-order chi connectivity index (χ0) is 33.1. The van der Waals surface area contributed by atoms with Gasteiger partial charge in [0.2, 0.25) is 0 Å². The number of nitrogens with zero attached hydrogens (tertiary/aromatic N) is 3. The second-order valence-electron chi connectivity index (χ2n) is 10.8. The summed E-state index contributed by atoms with van der Waals surface area (Å²) in [6.07, 6.45) is 19.0. The van der Waals surface area contributed by atoms with Crippen molar-refractivity contribution in [3.05, 3.63) is 120 Å². The molecule has 8 heteroatoms. The molecule has 0 bridgehead atoms. The van der Waals surface area contributed by atoms with Crippen molar-refractivity contribution in [2.24, 2.45) is 7.05 Å². The van der Waals surface area contributed by atoms with Crippen molar-refractivity contribution < 1.29 is 14.2 Å². The van der Waals surface area contributed by atoms with Crippen LogP contribution >= 0.6 is 23.5 Å². The van der Waals surface area contributed by atoms with Crippen molar-refractivity contribution in [2.75, 3.05) is 55.5 Å². The van der Waals surface area contributed by atoms with E-state index in [2.05, 4.69) is 106 Å². The summed E-state index contributed by atoms with van der Waals surface area (Å²) < 4.78 is 2.01. The Morgan fingerprint density at radius 1 is 0.717 bits per heavy atom. The molecule has 0 fully saturated rings. The smallest absolute Gasteiger partial charge is 0.189 e. The molecule has 3 aromatic rings. The van der Waals surface area contributed by atoms with Crippen LogP contribution in [0.15, 0.2) is 103 Å². The average molecular weight is 656 g/mol. The molecule has 0 radical (unpaired) electrons. The molecule has 6 nitrogen and oxygen atoms in total. The average Bonchev–Trinajstić information content (AvgIpc) is 3.07. The van der Waals surface area contributed by atoms with Crippen LogP contribution in [0.1, 0.15) is 36.5 Å². The Morgan fingerprint density at radius 3 is 1.63 bits per heavy atom. The van der Waals surface area contributed by atoms with Gasteiger partial charge in [0.1, 0.15) is 7.05 Å². The van der Waals surface area contributed by atoms with Crippen LogP contribution in [0.2, 0.25) is 0 Å². The molecule has 0 atom stereocenters. The largest absolute Gasteiger partial charge is 0.394 e. The van der Waals surface area contributed by atoms with Gasteiger partial charge >= 0.3 is 0 Å². The number of carbonyl (C=O) groups is 2. The van der Waals surface area contributed by atoms with E-state index in [0.717, 1.165) is 46.7 Å². The van der Waals surface area contributed by atoms with E-state index < -0.39 is 0 Å². The normalized spacial score (nSPS) is 11.9. The van der Waals surface area contributed by atoms with Crippen LogP contribution < -0.4 is 19.7 Å². The van der Waals surface area contributed by atoms with Crippen molar-refractivity contribution in [2.45, 2.75) is 19.8 Å². The molecule has 0 spiro atoms. The van der Waals surface area contributed by atoms with Crippen molar-refractivity contribution in [3.63, 3.8) is 0 Å². The number of pyridine rings is 1. The molecule has 0 amide bonds. The molecule has 2 aromatic carbocycles. The van der Waals surface area contributed by atoms with Crippen molar-refractivity contribution >= 4 is 63.4 Å². The lowest BCUT2D eigenvalue weighted by atomic mass is 10.1. The number of nitrogens with one attached hydrogen (secondary N) is 1. The van der Waals surface area contributed by atoms with E-state index in [0.29, 0.717) is 11.5 Å². The number of allylic oxidation sites excluding steroid dienone is 4. The Labute approximate surface area is 284 Å². The lowest BCUT2D eigenvalue weighted by Gasteiger charge is -2.19. The monoisotopic (exact) mass is 655 g/mol. The van der Waals surface area contributed by atoms with Crippen LogP contribution in [0.3, 0.4) is 0 Å². The molecule has 0 aliphatic heterocycles. The van der Waals surface area contributed by atoms with Gasteiger partial charge in [0, 0.05) is 82.1 Å². The molecular formula is C38H47N4O2S2+. The summed E-state index contributed by atoms with van der Waals surface area (Å²) in [4.78, 5) is 29.1. The van der Waals surface area contributed by atoms with Crippen LogP contribution in [0, 0.1) is 0 Å². The predicted molar refractivity (Wildman–Crippen MR) is 201 cm³/mol. The highest BCUT2D eigenvalue weighted by molar-refractivity contribution is 8.14. The van der Waals surface area contributed by atoms with E-state index in [9.17, 15) is 9.59 Å². The molecule has 1 heterocycles. The minimum atomic E-state index is 0.0717. The fourth-order valence-electron chi connectivity index (χ4n) is 4.32. The van der Waals surface area contributed by atoms with Gasteiger partial charge in [-0.15, -0.1) is 0 Å². The summed E-state index contributed by atoms with van der Waals surface area (Å²) >= 11 is 2.62. The lowest BCUT2D eigenvalue weighted by Crippen LogP contribution is -2.25. The highest BCUT2D eigenvalue weighted by Gasteiger charge is 2.10. The topological polar surface area (TPSA) is 56.5 Å². The molecule has 1 N–H and O–H groups in total. The number of benzene rings is 2. The third-order valence-electron chi connectivity index (χ3n) is 7.30. The fraction of sp³-hybridized carbons (Fsp3) is 0.289. The number of carbonyl (C=O) groups excluding carboxylic acids is 2.